The topological polar surface area (TPSA) is 97.9 Å². The van der Waals surface area contributed by atoms with E-state index in [2.05, 4.69) is 25.2 Å². The van der Waals surface area contributed by atoms with Crippen LogP contribution in [0.15, 0.2) is 35.3 Å². The second-order valence-electron chi connectivity index (χ2n) is 5.65. The van der Waals surface area contributed by atoms with Crippen molar-refractivity contribution in [2.75, 3.05) is 39.7 Å². The highest BCUT2D eigenvalue weighted by atomic mass is 16.5. The number of nitrogens with one attached hydrogen (secondary N) is 1. The number of hydrogen-bond acceptors (Lipinski definition) is 6. The van der Waals surface area contributed by atoms with E-state index in [0.717, 1.165) is 23.7 Å². The SMILES string of the molecule is COc1cc(C)nc(/N=C(/N)Nc2ccc(OCCN(C)C)cc2)n1. The highest BCUT2D eigenvalue weighted by Gasteiger charge is 2.03. The van der Waals surface area contributed by atoms with Crippen LogP contribution in [0.4, 0.5) is 11.6 Å². The minimum atomic E-state index is 0.189. The second-order valence-corrected chi connectivity index (χ2v) is 5.65. The van der Waals surface area contributed by atoms with Gasteiger partial charge < -0.3 is 25.4 Å². The van der Waals surface area contributed by atoms with E-state index in [0.29, 0.717) is 12.5 Å². The lowest BCUT2D eigenvalue weighted by Crippen LogP contribution is -2.22. The first kappa shape index (κ1) is 18.5. The maximum Gasteiger partial charge on any atom is 0.256 e. The predicted octanol–water partition coefficient (Wildman–Crippen LogP) is 1.79. The summed E-state index contributed by atoms with van der Waals surface area (Å²) in [6.07, 6.45) is 0. The number of nitrogens with two attached hydrogens (primary N) is 1. The fourth-order valence-corrected chi connectivity index (χ4v) is 1.94. The highest BCUT2D eigenvalue weighted by Crippen LogP contribution is 2.16. The lowest BCUT2D eigenvalue weighted by molar-refractivity contribution is 0.261. The van der Waals surface area contributed by atoms with Crippen molar-refractivity contribution < 1.29 is 9.47 Å². The summed E-state index contributed by atoms with van der Waals surface area (Å²) >= 11 is 0. The number of ether oxygens (including phenoxy) is 2. The third-order valence-corrected chi connectivity index (χ3v) is 3.18. The zero-order valence-electron chi connectivity index (χ0n) is 15.0. The number of methoxy groups -OCH3 is 1. The zero-order valence-corrected chi connectivity index (χ0v) is 15.0. The van der Waals surface area contributed by atoms with Crippen molar-refractivity contribution in [3.8, 4) is 11.6 Å². The quantitative estimate of drug-likeness (QED) is 0.584. The first-order chi connectivity index (χ1) is 12.0. The summed E-state index contributed by atoms with van der Waals surface area (Å²) in [4.78, 5) is 14.6. The molecule has 0 atom stereocenters. The number of aromatic nitrogens is 2. The third kappa shape index (κ3) is 6.27. The molecule has 0 amide bonds. The summed E-state index contributed by atoms with van der Waals surface area (Å²) in [5.74, 6) is 1.67. The molecule has 25 heavy (non-hydrogen) atoms. The molecule has 2 aromatic rings. The van der Waals surface area contributed by atoms with E-state index in [9.17, 15) is 0 Å². The molecule has 0 aliphatic rings. The lowest BCUT2D eigenvalue weighted by Gasteiger charge is -2.11. The van der Waals surface area contributed by atoms with Crippen LogP contribution in [-0.4, -0.2) is 55.2 Å². The number of likely N-dealkylation sites (N-methyl/N-ethyl adjacent to an activating group) is 1. The van der Waals surface area contributed by atoms with Crippen LogP contribution < -0.4 is 20.5 Å². The van der Waals surface area contributed by atoms with E-state index in [1.165, 1.54) is 0 Å². The summed E-state index contributed by atoms with van der Waals surface area (Å²) in [5, 5.41) is 2.99. The van der Waals surface area contributed by atoms with Crippen LogP contribution in [0.2, 0.25) is 0 Å². The molecule has 1 aromatic heterocycles. The largest absolute Gasteiger partial charge is 0.492 e. The van der Waals surface area contributed by atoms with Crippen LogP contribution in [0, 0.1) is 6.92 Å². The van der Waals surface area contributed by atoms with Gasteiger partial charge in [-0.25, -0.2) is 4.98 Å². The van der Waals surface area contributed by atoms with Gasteiger partial charge >= 0.3 is 0 Å². The van der Waals surface area contributed by atoms with Gasteiger partial charge in [0.15, 0.2) is 0 Å². The van der Waals surface area contributed by atoms with Gasteiger partial charge in [0.1, 0.15) is 12.4 Å². The Morgan fingerprint density at radius 2 is 1.96 bits per heavy atom. The molecule has 1 aromatic carbocycles. The Hall–Kier alpha value is -2.87. The van der Waals surface area contributed by atoms with Gasteiger partial charge in [0.2, 0.25) is 11.8 Å². The van der Waals surface area contributed by atoms with E-state index < -0.39 is 0 Å². The number of benzene rings is 1. The molecule has 0 aliphatic heterocycles. The lowest BCUT2D eigenvalue weighted by atomic mass is 10.3. The number of anilines is 1. The Morgan fingerprint density at radius 3 is 2.60 bits per heavy atom. The Bertz CT molecular complexity index is 716. The number of aryl methyl sites for hydroxylation is 1. The van der Waals surface area contributed by atoms with Crippen molar-refractivity contribution in [3.05, 3.63) is 36.0 Å². The summed E-state index contributed by atoms with van der Waals surface area (Å²) in [7, 11) is 5.55. The summed E-state index contributed by atoms with van der Waals surface area (Å²) in [6.45, 7) is 3.33. The molecule has 0 spiro atoms. The first-order valence-electron chi connectivity index (χ1n) is 7.84. The van der Waals surface area contributed by atoms with Gasteiger partial charge in [-0.05, 0) is 45.3 Å². The Labute approximate surface area is 147 Å². The minimum absolute atomic E-state index is 0.189. The van der Waals surface area contributed by atoms with Gasteiger partial charge in [-0.3, -0.25) is 0 Å². The molecule has 134 valence electrons. The Kier molecular flexibility index (Phi) is 6.53. The van der Waals surface area contributed by atoms with E-state index in [-0.39, 0.29) is 11.9 Å². The van der Waals surface area contributed by atoms with Crippen LogP contribution in [0.3, 0.4) is 0 Å². The summed E-state index contributed by atoms with van der Waals surface area (Å²) in [5.41, 5.74) is 7.45. The van der Waals surface area contributed by atoms with Gasteiger partial charge in [-0.1, -0.05) is 0 Å². The van der Waals surface area contributed by atoms with Gasteiger partial charge in [-0.15, -0.1) is 0 Å². The smallest absolute Gasteiger partial charge is 0.256 e. The average molecular weight is 344 g/mol. The highest BCUT2D eigenvalue weighted by molar-refractivity contribution is 5.93. The molecule has 0 saturated heterocycles. The Balaban J connectivity index is 1.98. The van der Waals surface area contributed by atoms with Crippen molar-refractivity contribution in [1.29, 1.82) is 0 Å². The molecule has 0 aliphatic carbocycles. The molecular weight excluding hydrogens is 320 g/mol. The van der Waals surface area contributed by atoms with Gasteiger partial charge in [-0.2, -0.15) is 9.98 Å². The minimum Gasteiger partial charge on any atom is -0.492 e. The number of hydrogen-bond donors (Lipinski definition) is 2. The zero-order chi connectivity index (χ0) is 18.2. The maximum absolute atomic E-state index is 5.91. The standard InChI is InChI=1S/C17H24N6O2/c1-12-11-15(24-4)21-17(19-12)22-16(18)20-13-5-7-14(8-6-13)25-10-9-23(2)3/h5-8,11H,9-10H2,1-4H3,(H3,18,19,20,21,22). The van der Waals surface area contributed by atoms with Crippen LogP contribution in [0.5, 0.6) is 11.6 Å². The van der Waals surface area contributed by atoms with Crippen molar-refractivity contribution in [1.82, 2.24) is 14.9 Å². The number of rotatable bonds is 7. The van der Waals surface area contributed by atoms with Crippen LogP contribution in [0.25, 0.3) is 0 Å². The molecule has 8 nitrogen and oxygen atoms in total. The predicted molar refractivity (Wildman–Crippen MR) is 98.7 cm³/mol. The van der Waals surface area contributed by atoms with Gasteiger partial charge in [0.25, 0.3) is 5.95 Å². The average Bonchev–Trinajstić information content (AvgIpc) is 2.55. The molecule has 0 unspecified atom stereocenters. The normalized spacial score (nSPS) is 11.5. The first-order valence-corrected chi connectivity index (χ1v) is 7.84. The van der Waals surface area contributed by atoms with E-state index >= 15 is 0 Å². The van der Waals surface area contributed by atoms with Gasteiger partial charge in [0, 0.05) is 24.0 Å². The molecule has 1 heterocycles. The van der Waals surface area contributed by atoms with Crippen molar-refractivity contribution in [3.63, 3.8) is 0 Å². The van der Waals surface area contributed by atoms with Gasteiger partial charge in [0.05, 0.1) is 7.11 Å². The molecule has 0 saturated carbocycles. The summed E-state index contributed by atoms with van der Waals surface area (Å²) in [6, 6.07) is 9.20. The van der Waals surface area contributed by atoms with Crippen LogP contribution in [0.1, 0.15) is 5.69 Å². The fraction of sp³-hybridized carbons (Fsp3) is 0.353. The molecule has 0 fully saturated rings. The monoisotopic (exact) mass is 344 g/mol. The molecule has 0 radical (unpaired) electrons. The molecule has 3 N–H and O–H groups in total. The molecule has 0 bridgehead atoms. The van der Waals surface area contributed by atoms with Crippen LogP contribution >= 0.6 is 0 Å². The fourth-order valence-electron chi connectivity index (χ4n) is 1.94. The van der Waals surface area contributed by atoms with E-state index in [1.54, 1.807) is 13.2 Å². The summed E-state index contributed by atoms with van der Waals surface area (Å²) < 4.78 is 10.7. The third-order valence-electron chi connectivity index (χ3n) is 3.18. The van der Waals surface area contributed by atoms with Crippen molar-refractivity contribution in [2.24, 2.45) is 10.7 Å². The van der Waals surface area contributed by atoms with E-state index in [1.807, 2.05) is 45.3 Å². The van der Waals surface area contributed by atoms with E-state index in [4.69, 9.17) is 15.2 Å². The molecule has 2 rings (SSSR count). The number of aliphatic imine (C=N–C) groups is 1. The Morgan fingerprint density at radius 1 is 1.24 bits per heavy atom. The van der Waals surface area contributed by atoms with Crippen molar-refractivity contribution in [2.45, 2.75) is 6.92 Å². The number of guanidine groups is 1. The van der Waals surface area contributed by atoms with Crippen molar-refractivity contribution >= 4 is 17.6 Å². The second kappa shape index (κ2) is 8.84. The molecule has 8 heteroatoms. The molecular formula is C17H24N6O2. The van der Waals surface area contributed by atoms with Crippen LogP contribution in [-0.2, 0) is 0 Å². The number of nitrogens with zero attached hydrogens (tertiary/aromatic N) is 4. The maximum atomic E-state index is 5.91.